The van der Waals surface area contributed by atoms with Crippen LogP contribution in [0.25, 0.3) is 0 Å². The van der Waals surface area contributed by atoms with Gasteiger partial charge >= 0.3 is 0 Å². The van der Waals surface area contributed by atoms with Gasteiger partial charge in [-0.2, -0.15) is 0 Å². The van der Waals surface area contributed by atoms with E-state index in [2.05, 4.69) is 0 Å². The third kappa shape index (κ3) is 9.93. The van der Waals surface area contributed by atoms with Crippen LogP contribution in [-0.2, 0) is 47.2 Å². The summed E-state index contributed by atoms with van der Waals surface area (Å²) in [7, 11) is 0.611. The van der Waals surface area contributed by atoms with Gasteiger partial charge in [-0.05, 0) is 0 Å². The van der Waals surface area contributed by atoms with E-state index in [-0.39, 0.29) is 42.8 Å². The number of rotatable bonds is 0. The Labute approximate surface area is 57.2 Å². The normalized spacial score (nSPS) is 1.00. The van der Waals surface area contributed by atoms with Gasteiger partial charge in [-0.25, -0.2) is 0 Å². The molecule has 0 aliphatic heterocycles. The summed E-state index contributed by atoms with van der Waals surface area (Å²) in [6, 6.07) is 0. The molecule has 0 aromatic heterocycles. The standard InChI is InChI=1S/H2OSi.Ti.W/c1-2;;/h2H2;;. The zero-order chi connectivity index (χ0) is 2.00. The SMILES string of the molecule is O=[SiH2].[Ti].[W]. The molecule has 0 rings (SSSR count). The molecular formula is H2OSiTiW. The summed E-state index contributed by atoms with van der Waals surface area (Å²) in [6.45, 7) is 0. The zero-order valence-electron chi connectivity index (χ0n) is 2.02. The molecule has 0 unspecified atom stereocenters. The van der Waals surface area contributed by atoms with Crippen molar-refractivity contribution in [2.24, 2.45) is 0 Å². The minimum absolute atomic E-state index is 0. The Morgan fingerprint density at radius 1 is 1.25 bits per heavy atom. The molecule has 0 aromatic carbocycles. The molecule has 0 saturated carbocycles. The number of hydrogen-bond donors (Lipinski definition) is 0. The second-order valence-electron chi connectivity index (χ2n) is 0. The van der Waals surface area contributed by atoms with Crippen LogP contribution in [0.3, 0.4) is 0 Å². The third-order valence-electron chi connectivity index (χ3n) is 0. The monoisotopic (exact) mass is 278 g/mol. The van der Waals surface area contributed by atoms with Gasteiger partial charge in [0.05, 0.1) is 0 Å². The summed E-state index contributed by atoms with van der Waals surface area (Å²) in [4.78, 5) is 0. The van der Waals surface area contributed by atoms with Crippen molar-refractivity contribution in [2.75, 3.05) is 0 Å². The van der Waals surface area contributed by atoms with Gasteiger partial charge in [0.2, 0.25) is 10.1 Å². The second kappa shape index (κ2) is 25.6. The van der Waals surface area contributed by atoms with Crippen molar-refractivity contribution in [3.05, 3.63) is 0 Å². The molecule has 1 nitrogen and oxygen atoms in total. The molecule has 0 aromatic rings. The zero-order valence-corrected chi connectivity index (χ0v) is 7.93. The summed E-state index contributed by atoms with van der Waals surface area (Å²) in [6.07, 6.45) is 0. The summed E-state index contributed by atoms with van der Waals surface area (Å²) in [5, 5.41) is 0. The third-order valence-corrected chi connectivity index (χ3v) is 0. The van der Waals surface area contributed by atoms with Gasteiger partial charge in [-0.15, -0.1) is 0 Å². The second-order valence-corrected chi connectivity index (χ2v) is 0. The molecule has 0 amide bonds. The molecular weight excluding hydrogens is 276 g/mol. The Kier molecular flexibility index (Phi) is 116. The van der Waals surface area contributed by atoms with Crippen molar-refractivity contribution in [1.82, 2.24) is 0 Å². The van der Waals surface area contributed by atoms with Gasteiger partial charge in [0.1, 0.15) is 0 Å². The van der Waals surface area contributed by atoms with Gasteiger partial charge in [-0.1, -0.05) is 0 Å². The Morgan fingerprint density at radius 2 is 1.25 bits per heavy atom. The van der Waals surface area contributed by atoms with Crippen molar-refractivity contribution in [2.45, 2.75) is 0 Å². The first-order valence-corrected chi connectivity index (χ1v) is 0.866. The summed E-state index contributed by atoms with van der Waals surface area (Å²) < 4.78 is 8.28. The molecule has 4 heavy (non-hydrogen) atoms. The predicted molar refractivity (Wildman–Crippen MR) is 9.23 cm³/mol. The van der Waals surface area contributed by atoms with Crippen molar-refractivity contribution < 1.29 is 47.2 Å². The topological polar surface area (TPSA) is 17.1 Å². The van der Waals surface area contributed by atoms with Crippen LogP contribution in [0.1, 0.15) is 0 Å². The van der Waals surface area contributed by atoms with Crippen LogP contribution in [-0.4, -0.2) is 10.1 Å². The summed E-state index contributed by atoms with van der Waals surface area (Å²) in [5.41, 5.74) is 0. The van der Waals surface area contributed by atoms with Crippen LogP contribution >= 0.6 is 0 Å². The van der Waals surface area contributed by atoms with E-state index in [1.807, 2.05) is 0 Å². The molecule has 0 fully saturated rings. The van der Waals surface area contributed by atoms with E-state index in [0.29, 0.717) is 10.1 Å². The molecule has 0 saturated heterocycles. The van der Waals surface area contributed by atoms with Crippen molar-refractivity contribution >= 4 is 10.1 Å². The molecule has 0 heterocycles. The van der Waals surface area contributed by atoms with Crippen molar-refractivity contribution in [1.29, 1.82) is 0 Å². The molecule has 0 aliphatic rings. The van der Waals surface area contributed by atoms with Gasteiger partial charge in [-0.3, -0.25) is 0 Å². The molecule has 0 atom stereocenters. The van der Waals surface area contributed by atoms with E-state index in [9.17, 15) is 0 Å². The van der Waals surface area contributed by atoms with Crippen LogP contribution in [0.5, 0.6) is 0 Å². The van der Waals surface area contributed by atoms with Crippen molar-refractivity contribution in [3.8, 4) is 0 Å². The maximum atomic E-state index is 8.28. The first kappa shape index (κ1) is 18.1. The average Bonchev–Trinajstić information content (AvgIpc) is 1.00. The molecule has 0 N–H and O–H groups in total. The van der Waals surface area contributed by atoms with Crippen LogP contribution in [0.15, 0.2) is 0 Å². The molecule has 0 bridgehead atoms. The molecule has 22 valence electrons. The Bertz CT molecular complexity index is 8.00. The van der Waals surface area contributed by atoms with E-state index < -0.39 is 0 Å². The van der Waals surface area contributed by atoms with Gasteiger partial charge in [0.15, 0.2) is 0 Å². The van der Waals surface area contributed by atoms with E-state index in [0.717, 1.165) is 0 Å². The first-order valence-electron chi connectivity index (χ1n) is 0.289. The minimum Gasteiger partial charge on any atom is -0.396 e. The van der Waals surface area contributed by atoms with E-state index in [4.69, 9.17) is 4.46 Å². The maximum Gasteiger partial charge on any atom is 0.245 e. The van der Waals surface area contributed by atoms with Crippen LogP contribution < -0.4 is 0 Å². The van der Waals surface area contributed by atoms with Gasteiger partial charge in [0.25, 0.3) is 0 Å². The Balaban J connectivity index is -0.00000000500. The first-order chi connectivity index (χ1) is 1.00. The van der Waals surface area contributed by atoms with Crippen LogP contribution in [0.4, 0.5) is 0 Å². The minimum atomic E-state index is 0. The smallest absolute Gasteiger partial charge is 0.245 e. The van der Waals surface area contributed by atoms with Crippen LogP contribution in [0.2, 0.25) is 0 Å². The summed E-state index contributed by atoms with van der Waals surface area (Å²) in [5.74, 6) is 0. The summed E-state index contributed by atoms with van der Waals surface area (Å²) >= 11 is 0. The van der Waals surface area contributed by atoms with E-state index in [1.165, 1.54) is 0 Å². The molecule has 0 aliphatic carbocycles. The van der Waals surface area contributed by atoms with E-state index >= 15 is 0 Å². The fraction of sp³-hybridized carbons (Fsp3) is 0. The Hall–Kier alpha value is 1.42. The fourth-order valence-electron chi connectivity index (χ4n) is 0. The Morgan fingerprint density at radius 3 is 1.25 bits per heavy atom. The average molecular weight is 278 g/mol. The molecule has 4 heteroatoms. The fourth-order valence-corrected chi connectivity index (χ4v) is 0. The van der Waals surface area contributed by atoms with Crippen molar-refractivity contribution in [3.63, 3.8) is 0 Å². The quantitative estimate of drug-likeness (QED) is 0.517. The van der Waals surface area contributed by atoms with Crippen LogP contribution in [0, 0.1) is 0 Å². The van der Waals surface area contributed by atoms with E-state index in [1.54, 1.807) is 0 Å². The van der Waals surface area contributed by atoms with Gasteiger partial charge in [0, 0.05) is 42.8 Å². The maximum absolute atomic E-state index is 8.28. The largest absolute Gasteiger partial charge is 0.396 e. The predicted octanol–water partition coefficient (Wildman–Crippen LogP) is -1.04. The molecule has 0 radical (unpaired) electrons. The number of hydrogen-bond acceptors (Lipinski definition) is 1. The molecule has 0 spiro atoms. The van der Waals surface area contributed by atoms with Gasteiger partial charge < -0.3 is 4.46 Å².